The van der Waals surface area contributed by atoms with E-state index >= 15 is 0 Å². The third kappa shape index (κ3) is 4.66. The number of hydrogen-bond acceptors (Lipinski definition) is 4. The first-order valence-electron chi connectivity index (χ1n) is 9.01. The third-order valence-corrected chi connectivity index (χ3v) is 5.43. The van der Waals surface area contributed by atoms with Crippen molar-refractivity contribution in [2.24, 2.45) is 5.92 Å². The first-order valence-corrected chi connectivity index (χ1v) is 9.83. The van der Waals surface area contributed by atoms with Crippen molar-refractivity contribution < 1.29 is 18.7 Å². The van der Waals surface area contributed by atoms with Gasteiger partial charge in [0.2, 0.25) is 0 Å². The highest BCUT2D eigenvalue weighted by molar-refractivity contribution is 7.17. The summed E-state index contributed by atoms with van der Waals surface area (Å²) in [4.78, 5) is 29.4. The quantitative estimate of drug-likeness (QED) is 0.790. The second-order valence-corrected chi connectivity index (χ2v) is 7.98. The van der Waals surface area contributed by atoms with Crippen molar-refractivity contribution in [3.8, 4) is 10.4 Å². The van der Waals surface area contributed by atoms with Crippen LogP contribution >= 0.6 is 11.3 Å². The molecule has 0 saturated carbocycles. The predicted octanol–water partition coefficient (Wildman–Crippen LogP) is 4.10. The number of nitrogens with zero attached hydrogens (tertiary/aromatic N) is 2. The molecule has 0 unspecified atom stereocenters. The molecule has 7 heteroatoms. The van der Waals surface area contributed by atoms with E-state index in [-0.39, 0.29) is 17.8 Å². The third-order valence-electron chi connectivity index (χ3n) is 4.32. The topological polar surface area (TPSA) is 49.9 Å². The molecular weight excluding hydrogens is 367 g/mol. The highest BCUT2D eigenvalue weighted by atomic mass is 32.1. The van der Waals surface area contributed by atoms with Crippen LogP contribution in [0.5, 0.6) is 0 Å². The molecule has 0 aliphatic carbocycles. The molecule has 0 atom stereocenters. The fraction of sp³-hybridized carbons (Fsp3) is 0.400. The van der Waals surface area contributed by atoms with Crippen LogP contribution in [0.2, 0.25) is 0 Å². The van der Waals surface area contributed by atoms with Crippen LogP contribution in [0.25, 0.3) is 10.4 Å². The summed E-state index contributed by atoms with van der Waals surface area (Å²) in [5.41, 5.74) is 0.499. The Morgan fingerprint density at radius 1 is 1.07 bits per heavy atom. The van der Waals surface area contributed by atoms with Crippen LogP contribution in [0.1, 0.15) is 23.5 Å². The lowest BCUT2D eigenvalue weighted by atomic mass is 10.2. The molecule has 2 amide bonds. The Morgan fingerprint density at radius 3 is 2.41 bits per heavy atom. The van der Waals surface area contributed by atoms with Crippen LogP contribution in [0.3, 0.4) is 0 Å². The first-order chi connectivity index (χ1) is 13.0. The van der Waals surface area contributed by atoms with Crippen LogP contribution < -0.4 is 0 Å². The van der Waals surface area contributed by atoms with Gasteiger partial charge in [-0.05, 0) is 24.1 Å². The average Bonchev–Trinajstić information content (AvgIpc) is 3.16. The summed E-state index contributed by atoms with van der Waals surface area (Å²) >= 11 is 1.28. The predicted molar refractivity (Wildman–Crippen MR) is 103 cm³/mol. The van der Waals surface area contributed by atoms with Crippen molar-refractivity contribution in [2.75, 3.05) is 32.8 Å². The molecule has 1 aliphatic heterocycles. The van der Waals surface area contributed by atoms with Crippen LogP contribution in [-0.2, 0) is 4.74 Å². The van der Waals surface area contributed by atoms with E-state index in [9.17, 15) is 14.0 Å². The van der Waals surface area contributed by atoms with Crippen LogP contribution in [0.4, 0.5) is 9.18 Å². The number of hydrogen-bond donors (Lipinski definition) is 0. The Balaban J connectivity index is 1.59. The fourth-order valence-corrected chi connectivity index (χ4v) is 3.84. The fourth-order valence-electron chi connectivity index (χ4n) is 2.84. The Kier molecular flexibility index (Phi) is 6.11. The molecule has 1 fully saturated rings. The summed E-state index contributed by atoms with van der Waals surface area (Å²) in [6, 6.07) is 10.0. The van der Waals surface area contributed by atoms with Gasteiger partial charge in [0.15, 0.2) is 0 Å². The summed E-state index contributed by atoms with van der Waals surface area (Å²) in [6.07, 6.45) is -0.325. The number of ether oxygens (including phenoxy) is 1. The van der Waals surface area contributed by atoms with Crippen molar-refractivity contribution in [3.63, 3.8) is 0 Å². The van der Waals surface area contributed by atoms with E-state index in [0.717, 1.165) is 4.88 Å². The van der Waals surface area contributed by atoms with Crippen molar-refractivity contribution in [3.05, 3.63) is 47.1 Å². The molecule has 2 heterocycles. The molecule has 1 aliphatic rings. The smallest absolute Gasteiger partial charge is 0.409 e. The normalized spacial score (nSPS) is 14.5. The molecule has 0 N–H and O–H groups in total. The van der Waals surface area contributed by atoms with E-state index in [1.54, 1.807) is 40.1 Å². The van der Waals surface area contributed by atoms with E-state index in [2.05, 4.69) is 0 Å². The lowest BCUT2D eigenvalue weighted by Crippen LogP contribution is -2.50. The number of benzene rings is 1. The highest BCUT2D eigenvalue weighted by Crippen LogP contribution is 2.30. The van der Waals surface area contributed by atoms with E-state index in [1.807, 2.05) is 13.8 Å². The highest BCUT2D eigenvalue weighted by Gasteiger charge is 2.26. The summed E-state index contributed by atoms with van der Waals surface area (Å²) in [5, 5.41) is 0. The zero-order valence-corrected chi connectivity index (χ0v) is 16.3. The van der Waals surface area contributed by atoms with Gasteiger partial charge in [0.25, 0.3) is 5.91 Å². The standard InChI is InChI=1S/C20H23FN2O3S/c1-14(2)13-26-20(25)23-11-9-22(10-12-23)19(24)18-8-7-17(27-18)15-5-3-4-6-16(15)21/h3-8,14H,9-13H2,1-2H3. The van der Waals surface area contributed by atoms with Gasteiger partial charge in [-0.3, -0.25) is 4.79 Å². The molecule has 144 valence electrons. The van der Waals surface area contributed by atoms with Gasteiger partial charge < -0.3 is 14.5 Å². The minimum atomic E-state index is -0.325. The number of thiophene rings is 1. The van der Waals surface area contributed by atoms with E-state index in [1.165, 1.54) is 17.4 Å². The molecule has 1 aromatic heterocycles. The van der Waals surface area contributed by atoms with Crippen molar-refractivity contribution in [2.45, 2.75) is 13.8 Å². The van der Waals surface area contributed by atoms with Gasteiger partial charge in [0.1, 0.15) is 5.82 Å². The average molecular weight is 390 g/mol. The zero-order valence-electron chi connectivity index (χ0n) is 15.5. The number of amides is 2. The Labute approximate surface area is 162 Å². The number of carbonyl (C=O) groups excluding carboxylic acids is 2. The summed E-state index contributed by atoms with van der Waals surface area (Å²) in [5.74, 6) is -0.0936. The van der Waals surface area contributed by atoms with Crippen molar-refractivity contribution >= 4 is 23.3 Å². The van der Waals surface area contributed by atoms with Gasteiger partial charge in [-0.15, -0.1) is 11.3 Å². The summed E-state index contributed by atoms with van der Waals surface area (Å²) in [7, 11) is 0. The lowest BCUT2D eigenvalue weighted by Gasteiger charge is -2.34. The molecule has 5 nitrogen and oxygen atoms in total. The number of rotatable bonds is 4. The zero-order chi connectivity index (χ0) is 19.4. The molecule has 0 spiro atoms. The molecule has 3 rings (SSSR count). The summed E-state index contributed by atoms with van der Waals surface area (Å²) < 4.78 is 19.2. The van der Waals surface area contributed by atoms with Gasteiger partial charge in [0, 0.05) is 36.6 Å². The SMILES string of the molecule is CC(C)COC(=O)N1CCN(C(=O)c2ccc(-c3ccccc3F)s2)CC1. The number of halogens is 1. The summed E-state index contributed by atoms with van der Waals surface area (Å²) in [6.45, 7) is 6.19. The van der Waals surface area contributed by atoms with Gasteiger partial charge in [-0.2, -0.15) is 0 Å². The van der Waals surface area contributed by atoms with Crippen LogP contribution in [0, 0.1) is 11.7 Å². The molecule has 0 radical (unpaired) electrons. The largest absolute Gasteiger partial charge is 0.449 e. The van der Waals surface area contributed by atoms with Crippen LogP contribution in [-0.4, -0.2) is 54.6 Å². The molecular formula is C20H23FN2O3S. The van der Waals surface area contributed by atoms with Crippen molar-refractivity contribution in [1.82, 2.24) is 9.80 Å². The molecule has 2 aromatic rings. The minimum Gasteiger partial charge on any atom is -0.449 e. The number of carbonyl (C=O) groups is 2. The van der Waals surface area contributed by atoms with Gasteiger partial charge in [0.05, 0.1) is 11.5 Å². The Bertz CT molecular complexity index is 813. The number of piperazine rings is 1. The Morgan fingerprint density at radius 2 is 1.74 bits per heavy atom. The Hall–Kier alpha value is -2.41. The van der Waals surface area contributed by atoms with Crippen molar-refractivity contribution in [1.29, 1.82) is 0 Å². The van der Waals surface area contributed by atoms with Gasteiger partial charge >= 0.3 is 6.09 Å². The van der Waals surface area contributed by atoms with Gasteiger partial charge in [-0.1, -0.05) is 32.0 Å². The van der Waals surface area contributed by atoms with E-state index < -0.39 is 0 Å². The molecule has 1 aromatic carbocycles. The second kappa shape index (κ2) is 8.52. The maximum atomic E-state index is 13.9. The monoisotopic (exact) mass is 390 g/mol. The maximum Gasteiger partial charge on any atom is 0.409 e. The molecule has 27 heavy (non-hydrogen) atoms. The minimum absolute atomic E-state index is 0.0854. The first kappa shape index (κ1) is 19.4. The maximum absolute atomic E-state index is 13.9. The molecule has 0 bridgehead atoms. The molecule has 1 saturated heterocycles. The van der Waals surface area contributed by atoms with Crippen LogP contribution in [0.15, 0.2) is 36.4 Å². The van der Waals surface area contributed by atoms with Gasteiger partial charge in [-0.25, -0.2) is 9.18 Å². The van der Waals surface area contributed by atoms with E-state index in [4.69, 9.17) is 4.74 Å². The second-order valence-electron chi connectivity index (χ2n) is 6.89. The lowest BCUT2D eigenvalue weighted by molar-refractivity contribution is 0.0538. The van der Waals surface area contributed by atoms with E-state index in [0.29, 0.717) is 49.1 Å².